The fourth-order valence-corrected chi connectivity index (χ4v) is 5.16. The van der Waals surface area contributed by atoms with E-state index in [4.69, 9.17) is 28.3 Å². The summed E-state index contributed by atoms with van der Waals surface area (Å²) in [7, 11) is -4.02. The highest BCUT2D eigenvalue weighted by atomic mass is 35.5. The molecule has 0 bridgehead atoms. The Morgan fingerprint density at radius 1 is 1.22 bits per heavy atom. The van der Waals surface area contributed by atoms with Crippen molar-refractivity contribution in [2.45, 2.75) is 31.1 Å². The van der Waals surface area contributed by atoms with E-state index in [9.17, 15) is 13.2 Å². The average molecular weight is 427 g/mol. The van der Waals surface area contributed by atoms with Crippen LogP contribution in [0.4, 0.5) is 0 Å². The Hall–Kier alpha value is -2.09. The van der Waals surface area contributed by atoms with Gasteiger partial charge in [0.2, 0.25) is 0 Å². The number of hydrogen-bond donors (Lipinski definition) is 1. The van der Waals surface area contributed by atoms with E-state index in [-0.39, 0.29) is 34.3 Å². The van der Waals surface area contributed by atoms with Crippen LogP contribution in [0.5, 0.6) is 0 Å². The van der Waals surface area contributed by atoms with Gasteiger partial charge in [-0.05, 0) is 49.6 Å². The monoisotopic (exact) mass is 426 g/mol. The SMILES string of the molecule is Cc1cccc(S(=O)(=O)n2c(CCCC(=O)O)cc3nc(Cl)ccc32)c1Cl. The van der Waals surface area contributed by atoms with Gasteiger partial charge in [-0.3, -0.25) is 4.79 Å². The number of hydrogen-bond acceptors (Lipinski definition) is 4. The summed E-state index contributed by atoms with van der Waals surface area (Å²) in [5.74, 6) is -0.941. The molecule has 1 aromatic carbocycles. The third-order valence-electron chi connectivity index (χ3n) is 4.15. The number of pyridine rings is 1. The lowest BCUT2D eigenvalue weighted by molar-refractivity contribution is -0.137. The molecule has 3 rings (SSSR count). The van der Waals surface area contributed by atoms with E-state index < -0.39 is 16.0 Å². The van der Waals surface area contributed by atoms with Crippen LogP contribution in [0.1, 0.15) is 24.1 Å². The van der Waals surface area contributed by atoms with E-state index in [0.29, 0.717) is 22.3 Å². The third-order valence-corrected chi connectivity index (χ3v) is 6.78. The molecule has 27 heavy (non-hydrogen) atoms. The summed E-state index contributed by atoms with van der Waals surface area (Å²) >= 11 is 12.2. The van der Waals surface area contributed by atoms with Gasteiger partial charge in [0.05, 0.1) is 16.1 Å². The highest BCUT2D eigenvalue weighted by Gasteiger charge is 2.26. The molecule has 0 amide bonds. The first kappa shape index (κ1) is 19.7. The number of aryl methyl sites for hydroxylation is 2. The van der Waals surface area contributed by atoms with Gasteiger partial charge in [-0.2, -0.15) is 0 Å². The number of aliphatic carboxylic acids is 1. The Kier molecular flexibility index (Phi) is 5.46. The van der Waals surface area contributed by atoms with Gasteiger partial charge in [0.15, 0.2) is 0 Å². The normalized spacial score (nSPS) is 11.8. The van der Waals surface area contributed by atoms with Crippen LogP contribution in [0.3, 0.4) is 0 Å². The van der Waals surface area contributed by atoms with E-state index in [0.717, 1.165) is 0 Å². The molecule has 3 aromatic rings. The summed E-state index contributed by atoms with van der Waals surface area (Å²) in [4.78, 5) is 15.0. The molecule has 0 radical (unpaired) electrons. The molecule has 0 aliphatic rings. The van der Waals surface area contributed by atoms with Crippen LogP contribution in [-0.2, 0) is 21.2 Å². The number of carboxylic acids is 1. The van der Waals surface area contributed by atoms with E-state index in [2.05, 4.69) is 4.98 Å². The summed E-state index contributed by atoms with van der Waals surface area (Å²) in [6.07, 6.45) is 0.473. The summed E-state index contributed by atoms with van der Waals surface area (Å²) in [6, 6.07) is 9.50. The third kappa shape index (κ3) is 3.81. The number of rotatable bonds is 6. The number of benzene rings is 1. The van der Waals surface area contributed by atoms with Crippen molar-refractivity contribution < 1.29 is 18.3 Å². The van der Waals surface area contributed by atoms with Crippen LogP contribution in [0.15, 0.2) is 41.3 Å². The van der Waals surface area contributed by atoms with Gasteiger partial charge in [0, 0.05) is 12.1 Å². The smallest absolute Gasteiger partial charge is 0.303 e. The highest BCUT2D eigenvalue weighted by Crippen LogP contribution is 2.31. The Labute approximate surface area is 166 Å². The van der Waals surface area contributed by atoms with Crippen molar-refractivity contribution in [3.8, 4) is 0 Å². The van der Waals surface area contributed by atoms with Crippen LogP contribution in [0, 0.1) is 6.92 Å². The maximum atomic E-state index is 13.4. The number of fused-ring (bicyclic) bond motifs is 1. The van der Waals surface area contributed by atoms with Crippen molar-refractivity contribution in [1.82, 2.24) is 8.96 Å². The van der Waals surface area contributed by atoms with Gasteiger partial charge in [-0.15, -0.1) is 0 Å². The average Bonchev–Trinajstić information content (AvgIpc) is 2.94. The van der Waals surface area contributed by atoms with E-state index in [1.165, 1.54) is 16.1 Å². The molecule has 0 spiro atoms. The Morgan fingerprint density at radius 3 is 2.67 bits per heavy atom. The lowest BCUT2D eigenvalue weighted by Crippen LogP contribution is -2.16. The first-order valence-corrected chi connectivity index (χ1v) is 10.3. The van der Waals surface area contributed by atoms with E-state index >= 15 is 0 Å². The number of halogens is 2. The molecule has 6 nitrogen and oxygen atoms in total. The highest BCUT2D eigenvalue weighted by molar-refractivity contribution is 7.90. The Balaban J connectivity index is 2.21. The van der Waals surface area contributed by atoms with Crippen LogP contribution in [0.2, 0.25) is 10.2 Å². The van der Waals surface area contributed by atoms with Gasteiger partial charge in [-0.25, -0.2) is 17.4 Å². The standard InChI is InChI=1S/C18H16Cl2N2O4S/c1-11-4-2-6-15(18(11)20)27(25,26)22-12(5-3-7-17(23)24)10-13-14(22)8-9-16(19)21-13/h2,4,6,8-10H,3,5,7H2,1H3,(H,23,24). The predicted molar refractivity (Wildman–Crippen MR) is 104 cm³/mol. The van der Waals surface area contributed by atoms with Crippen molar-refractivity contribution in [1.29, 1.82) is 0 Å². The van der Waals surface area contributed by atoms with Crippen molar-refractivity contribution in [2.75, 3.05) is 0 Å². The molecular formula is C18H16Cl2N2O4S. The number of aromatic nitrogens is 2. The summed E-state index contributed by atoms with van der Waals surface area (Å²) in [5.41, 5.74) is 1.85. The molecule has 0 atom stereocenters. The van der Waals surface area contributed by atoms with Crippen molar-refractivity contribution >= 4 is 50.2 Å². The molecule has 0 aliphatic carbocycles. The number of carbonyl (C=O) groups is 1. The van der Waals surface area contributed by atoms with Gasteiger partial charge in [0.1, 0.15) is 10.0 Å². The minimum atomic E-state index is -4.02. The first-order valence-electron chi connectivity index (χ1n) is 8.11. The van der Waals surface area contributed by atoms with Crippen LogP contribution in [-0.4, -0.2) is 28.5 Å². The second-order valence-corrected chi connectivity index (χ2v) is 8.60. The lowest BCUT2D eigenvalue weighted by atomic mass is 10.2. The molecule has 9 heteroatoms. The zero-order chi connectivity index (χ0) is 19.8. The zero-order valence-electron chi connectivity index (χ0n) is 14.3. The number of nitrogens with zero attached hydrogens (tertiary/aromatic N) is 2. The van der Waals surface area contributed by atoms with Gasteiger partial charge in [-0.1, -0.05) is 35.3 Å². The van der Waals surface area contributed by atoms with Crippen LogP contribution >= 0.6 is 23.2 Å². The second-order valence-electron chi connectivity index (χ2n) is 6.08. The minimum absolute atomic E-state index is 0.0175. The molecule has 2 aromatic heterocycles. The lowest BCUT2D eigenvalue weighted by Gasteiger charge is -2.14. The predicted octanol–water partition coefficient (Wildman–Crippen LogP) is 4.30. The molecule has 142 valence electrons. The Bertz CT molecular complexity index is 1140. The molecule has 0 saturated carbocycles. The zero-order valence-corrected chi connectivity index (χ0v) is 16.6. The van der Waals surface area contributed by atoms with E-state index in [1.807, 2.05) is 0 Å². The molecule has 2 heterocycles. The number of carboxylic acid groups (broad SMARTS) is 1. The van der Waals surface area contributed by atoms with Gasteiger partial charge < -0.3 is 5.11 Å². The fourth-order valence-electron chi connectivity index (χ4n) is 2.89. The summed E-state index contributed by atoms with van der Waals surface area (Å²) < 4.78 is 27.9. The largest absolute Gasteiger partial charge is 0.481 e. The second kappa shape index (κ2) is 7.50. The molecule has 0 fully saturated rings. The van der Waals surface area contributed by atoms with Gasteiger partial charge >= 0.3 is 5.97 Å². The summed E-state index contributed by atoms with van der Waals surface area (Å²) in [5, 5.41) is 9.26. The summed E-state index contributed by atoms with van der Waals surface area (Å²) in [6.45, 7) is 1.73. The quantitative estimate of drug-likeness (QED) is 0.593. The maximum Gasteiger partial charge on any atom is 0.303 e. The maximum absolute atomic E-state index is 13.4. The van der Waals surface area contributed by atoms with Crippen LogP contribution in [0.25, 0.3) is 11.0 Å². The van der Waals surface area contributed by atoms with Crippen molar-refractivity contribution in [3.63, 3.8) is 0 Å². The van der Waals surface area contributed by atoms with Crippen molar-refractivity contribution in [2.24, 2.45) is 0 Å². The molecule has 0 aliphatic heterocycles. The molecule has 0 unspecified atom stereocenters. The topological polar surface area (TPSA) is 89.3 Å². The van der Waals surface area contributed by atoms with Crippen LogP contribution < -0.4 is 0 Å². The van der Waals surface area contributed by atoms with Gasteiger partial charge in [0.25, 0.3) is 10.0 Å². The minimum Gasteiger partial charge on any atom is -0.481 e. The van der Waals surface area contributed by atoms with Crippen molar-refractivity contribution in [3.05, 3.63) is 57.8 Å². The van der Waals surface area contributed by atoms with E-state index in [1.54, 1.807) is 31.2 Å². The molecule has 1 N–H and O–H groups in total. The Morgan fingerprint density at radius 2 is 1.96 bits per heavy atom. The fraction of sp³-hybridized carbons (Fsp3) is 0.222. The molecule has 0 saturated heterocycles. The molecular weight excluding hydrogens is 411 g/mol. The first-order chi connectivity index (χ1) is 12.7.